The molecule has 0 saturated carbocycles. The molecule has 0 aliphatic carbocycles. The number of nitrogens with two attached hydrogens (primary N) is 1. The highest BCUT2D eigenvalue weighted by atomic mass is 15.2. The molecule has 78 valence electrons. The molecule has 2 atom stereocenters. The molecule has 0 radical (unpaired) electrons. The Morgan fingerprint density at radius 1 is 1.46 bits per heavy atom. The molecular formula is C10H23N3. The molecule has 0 aromatic rings. The van der Waals surface area contributed by atoms with Crippen molar-refractivity contribution in [2.75, 3.05) is 33.2 Å². The monoisotopic (exact) mass is 185 g/mol. The second-order valence-electron chi connectivity index (χ2n) is 4.44. The van der Waals surface area contributed by atoms with E-state index >= 15 is 0 Å². The minimum absolute atomic E-state index is 0.297. The standard InChI is InChI=1S/C10H23N3/c1-9(11)7-13-6-4-5-12(3)8-10(13)2/h9-10H,4-8,11H2,1-3H3/t9-,10?/m0/s1. The smallest absolute Gasteiger partial charge is 0.0195 e. The molecule has 3 nitrogen and oxygen atoms in total. The lowest BCUT2D eigenvalue weighted by Crippen LogP contribution is -2.43. The van der Waals surface area contributed by atoms with Crippen molar-refractivity contribution in [1.82, 2.24) is 9.80 Å². The second-order valence-corrected chi connectivity index (χ2v) is 4.44. The number of nitrogens with zero attached hydrogens (tertiary/aromatic N) is 2. The van der Waals surface area contributed by atoms with Crippen LogP contribution >= 0.6 is 0 Å². The van der Waals surface area contributed by atoms with E-state index < -0.39 is 0 Å². The van der Waals surface area contributed by atoms with Gasteiger partial charge in [0.1, 0.15) is 0 Å². The van der Waals surface area contributed by atoms with Gasteiger partial charge >= 0.3 is 0 Å². The Hall–Kier alpha value is -0.120. The van der Waals surface area contributed by atoms with Crippen molar-refractivity contribution in [3.8, 4) is 0 Å². The van der Waals surface area contributed by atoms with Crippen LogP contribution in [0.2, 0.25) is 0 Å². The predicted octanol–water partition coefficient (Wildman–Crippen LogP) is 0.360. The summed E-state index contributed by atoms with van der Waals surface area (Å²) in [5, 5.41) is 0. The van der Waals surface area contributed by atoms with Crippen LogP contribution in [-0.4, -0.2) is 55.1 Å². The minimum Gasteiger partial charge on any atom is -0.327 e. The van der Waals surface area contributed by atoms with Gasteiger partial charge in [0.05, 0.1) is 0 Å². The number of rotatable bonds is 2. The third-order valence-electron chi connectivity index (χ3n) is 2.71. The van der Waals surface area contributed by atoms with Crippen LogP contribution in [0.5, 0.6) is 0 Å². The quantitative estimate of drug-likeness (QED) is 0.674. The SMILES string of the molecule is CC1CN(C)CCCN1C[C@H](C)N. The van der Waals surface area contributed by atoms with Crippen molar-refractivity contribution < 1.29 is 0 Å². The molecule has 1 rings (SSSR count). The van der Waals surface area contributed by atoms with Gasteiger partial charge in [-0.05, 0) is 40.4 Å². The first-order chi connectivity index (χ1) is 6.09. The van der Waals surface area contributed by atoms with Crippen LogP contribution in [0.15, 0.2) is 0 Å². The molecule has 0 aromatic carbocycles. The van der Waals surface area contributed by atoms with E-state index in [1.165, 1.54) is 26.1 Å². The molecule has 1 fully saturated rings. The van der Waals surface area contributed by atoms with Gasteiger partial charge in [0.15, 0.2) is 0 Å². The summed E-state index contributed by atoms with van der Waals surface area (Å²) in [6.07, 6.45) is 1.27. The van der Waals surface area contributed by atoms with E-state index in [9.17, 15) is 0 Å². The van der Waals surface area contributed by atoms with Crippen LogP contribution in [0.25, 0.3) is 0 Å². The van der Waals surface area contributed by atoms with Gasteiger partial charge in [-0.1, -0.05) is 0 Å². The number of hydrogen-bond acceptors (Lipinski definition) is 3. The summed E-state index contributed by atoms with van der Waals surface area (Å²) in [7, 11) is 2.20. The Labute approximate surface area is 81.9 Å². The minimum atomic E-state index is 0.297. The van der Waals surface area contributed by atoms with E-state index in [1.807, 2.05) is 0 Å². The van der Waals surface area contributed by atoms with E-state index in [0.29, 0.717) is 12.1 Å². The molecule has 13 heavy (non-hydrogen) atoms. The first-order valence-electron chi connectivity index (χ1n) is 5.27. The van der Waals surface area contributed by atoms with E-state index in [0.717, 1.165) is 6.54 Å². The molecular weight excluding hydrogens is 162 g/mol. The third kappa shape index (κ3) is 3.63. The Balaban J connectivity index is 2.43. The van der Waals surface area contributed by atoms with E-state index in [1.54, 1.807) is 0 Å². The summed E-state index contributed by atoms with van der Waals surface area (Å²) in [5.41, 5.74) is 5.82. The predicted molar refractivity (Wildman–Crippen MR) is 56.8 cm³/mol. The Morgan fingerprint density at radius 2 is 2.15 bits per heavy atom. The molecule has 2 N–H and O–H groups in total. The van der Waals surface area contributed by atoms with Crippen molar-refractivity contribution in [2.24, 2.45) is 5.73 Å². The molecule has 1 aliphatic rings. The normalized spacial score (nSPS) is 30.0. The lowest BCUT2D eigenvalue weighted by molar-refractivity contribution is 0.194. The van der Waals surface area contributed by atoms with Gasteiger partial charge in [-0.15, -0.1) is 0 Å². The first kappa shape index (κ1) is 11.0. The van der Waals surface area contributed by atoms with Crippen LogP contribution in [-0.2, 0) is 0 Å². The largest absolute Gasteiger partial charge is 0.327 e. The fourth-order valence-electron chi connectivity index (χ4n) is 2.06. The van der Waals surface area contributed by atoms with Crippen molar-refractivity contribution in [1.29, 1.82) is 0 Å². The highest BCUT2D eigenvalue weighted by Gasteiger charge is 2.19. The average molecular weight is 185 g/mol. The highest BCUT2D eigenvalue weighted by molar-refractivity contribution is 4.77. The molecule has 1 unspecified atom stereocenters. The van der Waals surface area contributed by atoms with Crippen LogP contribution in [0, 0.1) is 0 Å². The summed E-state index contributed by atoms with van der Waals surface area (Å²) in [4.78, 5) is 4.92. The molecule has 3 heteroatoms. The molecule has 1 saturated heterocycles. The van der Waals surface area contributed by atoms with Gasteiger partial charge in [-0.2, -0.15) is 0 Å². The van der Waals surface area contributed by atoms with Gasteiger partial charge in [0, 0.05) is 25.2 Å². The Morgan fingerprint density at radius 3 is 2.77 bits per heavy atom. The van der Waals surface area contributed by atoms with Crippen molar-refractivity contribution >= 4 is 0 Å². The van der Waals surface area contributed by atoms with E-state index in [2.05, 4.69) is 30.7 Å². The number of hydrogen-bond donors (Lipinski definition) is 1. The van der Waals surface area contributed by atoms with Crippen LogP contribution in [0.3, 0.4) is 0 Å². The van der Waals surface area contributed by atoms with Crippen LogP contribution < -0.4 is 5.73 Å². The van der Waals surface area contributed by atoms with Crippen LogP contribution in [0.1, 0.15) is 20.3 Å². The van der Waals surface area contributed by atoms with Gasteiger partial charge in [-0.3, -0.25) is 4.90 Å². The van der Waals surface area contributed by atoms with Crippen molar-refractivity contribution in [3.05, 3.63) is 0 Å². The second kappa shape index (κ2) is 4.94. The third-order valence-corrected chi connectivity index (χ3v) is 2.71. The summed E-state index contributed by atoms with van der Waals surface area (Å²) in [6.45, 7) is 9.01. The molecule has 1 aliphatic heterocycles. The summed E-state index contributed by atoms with van der Waals surface area (Å²) >= 11 is 0. The van der Waals surface area contributed by atoms with Crippen LogP contribution in [0.4, 0.5) is 0 Å². The molecule has 0 amide bonds. The zero-order valence-corrected chi connectivity index (χ0v) is 9.16. The topological polar surface area (TPSA) is 32.5 Å². The molecule has 1 heterocycles. The van der Waals surface area contributed by atoms with Gasteiger partial charge in [0.25, 0.3) is 0 Å². The van der Waals surface area contributed by atoms with E-state index in [4.69, 9.17) is 5.73 Å². The van der Waals surface area contributed by atoms with Gasteiger partial charge < -0.3 is 10.6 Å². The fourth-order valence-corrected chi connectivity index (χ4v) is 2.06. The Bertz CT molecular complexity index is 147. The molecule has 0 spiro atoms. The lowest BCUT2D eigenvalue weighted by Gasteiger charge is -2.29. The van der Waals surface area contributed by atoms with Gasteiger partial charge in [0.2, 0.25) is 0 Å². The first-order valence-corrected chi connectivity index (χ1v) is 5.27. The Kier molecular flexibility index (Phi) is 4.16. The maximum atomic E-state index is 5.82. The molecule has 0 aromatic heterocycles. The zero-order chi connectivity index (χ0) is 9.84. The average Bonchev–Trinajstić information content (AvgIpc) is 2.13. The summed E-state index contributed by atoms with van der Waals surface area (Å²) < 4.78 is 0. The van der Waals surface area contributed by atoms with Crippen molar-refractivity contribution in [3.63, 3.8) is 0 Å². The zero-order valence-electron chi connectivity index (χ0n) is 9.16. The maximum Gasteiger partial charge on any atom is 0.0195 e. The van der Waals surface area contributed by atoms with Gasteiger partial charge in [-0.25, -0.2) is 0 Å². The summed E-state index contributed by atoms with van der Waals surface area (Å²) in [6, 6.07) is 0.948. The highest BCUT2D eigenvalue weighted by Crippen LogP contribution is 2.08. The maximum absolute atomic E-state index is 5.82. The van der Waals surface area contributed by atoms with Crippen molar-refractivity contribution in [2.45, 2.75) is 32.4 Å². The molecule has 0 bridgehead atoms. The van der Waals surface area contributed by atoms with E-state index in [-0.39, 0.29) is 0 Å². The fraction of sp³-hybridized carbons (Fsp3) is 1.00. The number of likely N-dealkylation sites (N-methyl/N-ethyl adjacent to an activating group) is 1. The summed E-state index contributed by atoms with van der Waals surface area (Å²) in [5.74, 6) is 0. The lowest BCUT2D eigenvalue weighted by atomic mass is 10.2.